The number of thioether (sulfide) groups is 1. The van der Waals surface area contributed by atoms with Crippen molar-refractivity contribution < 1.29 is 28.6 Å². The zero-order valence-corrected chi connectivity index (χ0v) is 20.3. The van der Waals surface area contributed by atoms with E-state index in [1.807, 2.05) is 18.2 Å². The second-order valence-corrected chi connectivity index (χ2v) is 9.23. The van der Waals surface area contributed by atoms with Crippen LogP contribution in [0.25, 0.3) is 6.08 Å². The third-order valence-corrected chi connectivity index (χ3v) is 6.64. The average Bonchev–Trinajstić information content (AvgIpc) is 3.44. The summed E-state index contributed by atoms with van der Waals surface area (Å²) < 4.78 is 16.3. The van der Waals surface area contributed by atoms with E-state index >= 15 is 0 Å². The van der Waals surface area contributed by atoms with Crippen LogP contribution in [0, 0.1) is 0 Å². The maximum absolute atomic E-state index is 12.8. The van der Waals surface area contributed by atoms with Crippen LogP contribution in [0.1, 0.15) is 11.1 Å². The summed E-state index contributed by atoms with van der Waals surface area (Å²) >= 11 is 6.94. The summed E-state index contributed by atoms with van der Waals surface area (Å²) in [6, 6.07) is 19.5. The number of nitrogens with zero attached hydrogens (tertiary/aromatic N) is 1. The Morgan fingerprint density at radius 1 is 1.06 bits per heavy atom. The zero-order chi connectivity index (χ0) is 25.1. The second-order valence-electron chi connectivity index (χ2n) is 7.83. The van der Waals surface area contributed by atoms with Gasteiger partial charge in [-0.1, -0.05) is 41.9 Å². The highest BCUT2D eigenvalue weighted by Crippen LogP contribution is 2.35. The number of carbonyl (C=O) groups excluding carboxylic acids is 3. The minimum Gasteiger partial charge on any atom is -0.489 e. The molecule has 1 saturated heterocycles. The van der Waals surface area contributed by atoms with Crippen LogP contribution in [-0.2, 0) is 16.2 Å². The number of benzene rings is 3. The van der Waals surface area contributed by atoms with Crippen LogP contribution in [0.3, 0.4) is 0 Å². The van der Waals surface area contributed by atoms with Crippen LogP contribution in [-0.4, -0.2) is 35.3 Å². The lowest BCUT2D eigenvalue weighted by Gasteiger charge is -2.12. The molecule has 3 aromatic carbocycles. The number of carbonyl (C=O) groups is 3. The topological polar surface area (TPSA) is 94.2 Å². The predicted octanol–water partition coefficient (Wildman–Crippen LogP) is 5.32. The quantitative estimate of drug-likeness (QED) is 0.419. The maximum Gasteiger partial charge on any atom is 0.294 e. The van der Waals surface area contributed by atoms with Crippen molar-refractivity contribution in [1.82, 2.24) is 4.90 Å². The van der Waals surface area contributed by atoms with Gasteiger partial charge in [-0.3, -0.25) is 19.3 Å². The number of rotatable bonds is 7. The molecule has 182 valence electrons. The first-order valence-corrected chi connectivity index (χ1v) is 12.1. The van der Waals surface area contributed by atoms with Gasteiger partial charge in [0.2, 0.25) is 12.7 Å². The first kappa shape index (κ1) is 23.8. The van der Waals surface area contributed by atoms with E-state index in [0.29, 0.717) is 34.6 Å². The molecule has 1 fully saturated rings. The molecule has 0 unspecified atom stereocenters. The number of ether oxygens (including phenoxy) is 3. The summed E-state index contributed by atoms with van der Waals surface area (Å²) in [5.41, 5.74) is 2.07. The number of hydrogen-bond acceptors (Lipinski definition) is 7. The van der Waals surface area contributed by atoms with Crippen LogP contribution in [0.5, 0.6) is 17.2 Å². The Kier molecular flexibility index (Phi) is 6.84. The molecule has 3 amide bonds. The fraction of sp³-hybridized carbons (Fsp3) is 0.115. The molecule has 2 aliphatic rings. The molecule has 2 heterocycles. The minimum absolute atomic E-state index is 0.119. The van der Waals surface area contributed by atoms with Crippen LogP contribution in [0.2, 0.25) is 5.02 Å². The van der Waals surface area contributed by atoms with Gasteiger partial charge in [-0.05, 0) is 53.7 Å². The molecule has 0 bridgehead atoms. The van der Waals surface area contributed by atoms with Crippen molar-refractivity contribution in [2.45, 2.75) is 6.61 Å². The molecule has 2 aliphatic heterocycles. The van der Waals surface area contributed by atoms with Crippen molar-refractivity contribution in [2.75, 3.05) is 18.7 Å². The van der Waals surface area contributed by atoms with Crippen LogP contribution >= 0.6 is 23.4 Å². The minimum atomic E-state index is -0.523. The van der Waals surface area contributed by atoms with Crippen LogP contribution in [0.4, 0.5) is 10.5 Å². The SMILES string of the molecule is O=C(CN1C(=O)S/C(=C/c2ccc(OCc3ccccc3Cl)cc2)C1=O)Nc1ccc2c(c1)OCO2. The summed E-state index contributed by atoms with van der Waals surface area (Å²) in [6.07, 6.45) is 1.61. The van der Waals surface area contributed by atoms with Gasteiger partial charge in [0.25, 0.3) is 11.1 Å². The molecule has 5 rings (SSSR count). The van der Waals surface area contributed by atoms with Crippen molar-refractivity contribution in [3.63, 3.8) is 0 Å². The Morgan fingerprint density at radius 2 is 1.83 bits per heavy atom. The van der Waals surface area contributed by atoms with Crippen molar-refractivity contribution in [3.8, 4) is 17.2 Å². The number of amides is 3. The van der Waals surface area contributed by atoms with Gasteiger partial charge in [-0.2, -0.15) is 0 Å². The zero-order valence-electron chi connectivity index (χ0n) is 18.7. The van der Waals surface area contributed by atoms with Crippen molar-refractivity contribution in [2.24, 2.45) is 0 Å². The lowest BCUT2D eigenvalue weighted by atomic mass is 10.2. The third kappa shape index (κ3) is 5.32. The van der Waals surface area contributed by atoms with E-state index in [9.17, 15) is 14.4 Å². The normalized spacial score (nSPS) is 15.5. The van der Waals surface area contributed by atoms with Crippen LogP contribution in [0.15, 0.2) is 71.6 Å². The van der Waals surface area contributed by atoms with Crippen molar-refractivity contribution in [3.05, 3.63) is 87.8 Å². The molecular weight excluding hydrogens is 504 g/mol. The Bertz CT molecular complexity index is 1380. The van der Waals surface area contributed by atoms with Gasteiger partial charge < -0.3 is 19.5 Å². The molecule has 0 aliphatic carbocycles. The Hall–Kier alpha value is -3.95. The Morgan fingerprint density at radius 3 is 2.64 bits per heavy atom. The summed E-state index contributed by atoms with van der Waals surface area (Å²) in [6.45, 7) is 0.0473. The fourth-order valence-corrected chi connectivity index (χ4v) is 4.57. The van der Waals surface area contributed by atoms with E-state index in [0.717, 1.165) is 27.8 Å². The second kappa shape index (κ2) is 10.3. The van der Waals surface area contributed by atoms with Crippen LogP contribution < -0.4 is 19.5 Å². The lowest BCUT2D eigenvalue weighted by Crippen LogP contribution is -2.36. The van der Waals surface area contributed by atoms with Gasteiger partial charge in [-0.15, -0.1) is 0 Å². The third-order valence-electron chi connectivity index (χ3n) is 5.36. The smallest absolute Gasteiger partial charge is 0.294 e. The maximum atomic E-state index is 12.8. The summed E-state index contributed by atoms with van der Waals surface area (Å²) in [7, 11) is 0. The number of fused-ring (bicyclic) bond motifs is 1. The molecule has 0 atom stereocenters. The van der Waals surface area contributed by atoms with E-state index in [1.165, 1.54) is 0 Å². The monoisotopic (exact) mass is 522 g/mol. The highest BCUT2D eigenvalue weighted by molar-refractivity contribution is 8.18. The van der Waals surface area contributed by atoms with Gasteiger partial charge in [0.05, 0.1) is 4.91 Å². The van der Waals surface area contributed by atoms with Gasteiger partial charge >= 0.3 is 0 Å². The van der Waals surface area contributed by atoms with E-state index < -0.39 is 23.6 Å². The number of halogens is 1. The molecule has 8 nitrogen and oxygen atoms in total. The van der Waals surface area contributed by atoms with E-state index in [-0.39, 0.29) is 11.7 Å². The van der Waals surface area contributed by atoms with Crippen molar-refractivity contribution >= 4 is 52.2 Å². The van der Waals surface area contributed by atoms with Gasteiger partial charge in [-0.25, -0.2) is 0 Å². The first-order valence-electron chi connectivity index (χ1n) is 10.9. The molecule has 3 aromatic rings. The molecule has 0 spiro atoms. The number of anilines is 1. The Balaban J connectivity index is 1.19. The number of nitrogens with one attached hydrogen (secondary N) is 1. The molecule has 0 saturated carbocycles. The standard InChI is InChI=1S/C26H19ClN2O6S/c27-20-4-2-1-3-17(20)14-33-19-8-5-16(6-9-19)11-23-25(31)29(26(32)36-23)13-24(30)28-18-7-10-21-22(12-18)35-15-34-21/h1-12H,13-15H2,(H,28,30)/b23-11+. The molecular formula is C26H19ClN2O6S. The average molecular weight is 523 g/mol. The summed E-state index contributed by atoms with van der Waals surface area (Å²) in [5.74, 6) is 0.717. The van der Waals surface area contributed by atoms with Gasteiger partial charge in [0.15, 0.2) is 11.5 Å². The van der Waals surface area contributed by atoms with E-state index in [2.05, 4.69) is 5.32 Å². The fourth-order valence-electron chi connectivity index (χ4n) is 3.54. The number of hydrogen-bond donors (Lipinski definition) is 1. The van der Waals surface area contributed by atoms with Gasteiger partial charge in [0, 0.05) is 22.3 Å². The Labute approximate surface area is 215 Å². The van der Waals surface area contributed by atoms with Gasteiger partial charge in [0.1, 0.15) is 18.9 Å². The predicted molar refractivity (Wildman–Crippen MR) is 136 cm³/mol. The molecule has 10 heteroatoms. The highest BCUT2D eigenvalue weighted by Gasteiger charge is 2.36. The van der Waals surface area contributed by atoms with Crippen molar-refractivity contribution in [1.29, 1.82) is 0 Å². The lowest BCUT2D eigenvalue weighted by molar-refractivity contribution is -0.127. The largest absolute Gasteiger partial charge is 0.489 e. The molecule has 1 N–H and O–H groups in total. The summed E-state index contributed by atoms with van der Waals surface area (Å²) in [5, 5.41) is 2.79. The van der Waals surface area contributed by atoms with E-state index in [1.54, 1.807) is 54.6 Å². The van der Waals surface area contributed by atoms with E-state index in [4.69, 9.17) is 25.8 Å². The molecule has 0 radical (unpaired) electrons. The highest BCUT2D eigenvalue weighted by atomic mass is 35.5. The summed E-state index contributed by atoms with van der Waals surface area (Å²) in [4.78, 5) is 38.8. The number of imide groups is 1. The molecule has 36 heavy (non-hydrogen) atoms. The molecule has 0 aromatic heterocycles. The first-order chi connectivity index (χ1) is 17.5.